The molecule has 0 radical (unpaired) electrons. The van der Waals surface area contributed by atoms with Gasteiger partial charge in [0.25, 0.3) is 10.0 Å². The number of thiophene rings is 1. The molecule has 0 unspecified atom stereocenters. The lowest BCUT2D eigenvalue weighted by Gasteiger charge is -2.32. The van der Waals surface area contributed by atoms with Crippen LogP contribution in [0.2, 0.25) is 0 Å². The van der Waals surface area contributed by atoms with Crippen LogP contribution in [0.1, 0.15) is 11.8 Å². The monoisotopic (exact) mass is 289 g/mol. The van der Waals surface area contributed by atoms with Gasteiger partial charge in [-0.3, -0.25) is 0 Å². The molecule has 2 rings (SSSR count). The molecule has 2 heterocycles. The number of piperazine rings is 1. The highest BCUT2D eigenvalue weighted by atomic mass is 32.2. The second-order valence-corrected chi connectivity index (χ2v) is 7.60. The fourth-order valence-corrected chi connectivity index (χ4v) is 4.83. The molecule has 102 valence electrons. The number of hydrogen-bond donors (Lipinski definition) is 1. The van der Waals surface area contributed by atoms with Crippen molar-refractivity contribution in [3.8, 4) is 0 Å². The Kier molecular flexibility index (Phi) is 4.39. The van der Waals surface area contributed by atoms with Crippen LogP contribution in [0.15, 0.2) is 16.3 Å². The summed E-state index contributed by atoms with van der Waals surface area (Å²) >= 11 is 1.27. The molecular weight excluding hydrogens is 270 g/mol. The van der Waals surface area contributed by atoms with Crippen LogP contribution in [-0.2, 0) is 16.6 Å². The quantitative estimate of drug-likeness (QED) is 0.878. The van der Waals surface area contributed by atoms with Crippen molar-refractivity contribution in [3.05, 3.63) is 17.0 Å². The first-order chi connectivity index (χ1) is 8.57. The van der Waals surface area contributed by atoms with E-state index < -0.39 is 10.0 Å². The van der Waals surface area contributed by atoms with Gasteiger partial charge in [-0.2, -0.15) is 4.31 Å². The molecule has 7 heteroatoms. The zero-order chi connectivity index (χ0) is 13.2. The molecule has 18 heavy (non-hydrogen) atoms. The zero-order valence-electron chi connectivity index (χ0n) is 10.5. The first kappa shape index (κ1) is 14.0. The Labute approximate surface area is 112 Å². The Morgan fingerprint density at radius 3 is 2.44 bits per heavy atom. The van der Waals surface area contributed by atoms with Gasteiger partial charge in [0.05, 0.1) is 0 Å². The van der Waals surface area contributed by atoms with Gasteiger partial charge in [-0.15, -0.1) is 11.3 Å². The molecule has 0 saturated carbocycles. The summed E-state index contributed by atoms with van der Waals surface area (Å²) in [5, 5.41) is 0. The third kappa shape index (κ3) is 2.75. The summed E-state index contributed by atoms with van der Waals surface area (Å²) in [6.45, 7) is 6.23. The van der Waals surface area contributed by atoms with Gasteiger partial charge >= 0.3 is 0 Å². The largest absolute Gasteiger partial charge is 0.326 e. The Morgan fingerprint density at radius 2 is 1.94 bits per heavy atom. The maximum Gasteiger partial charge on any atom is 0.252 e. The predicted octanol–water partition coefficient (Wildman–Crippen LogP) is 0.533. The summed E-state index contributed by atoms with van der Waals surface area (Å²) in [7, 11) is -3.31. The lowest BCUT2D eigenvalue weighted by Crippen LogP contribution is -2.48. The highest BCUT2D eigenvalue weighted by Crippen LogP contribution is 2.25. The SMILES string of the molecule is CCN1CCN(S(=O)(=O)c2ccc(CN)s2)CC1. The summed E-state index contributed by atoms with van der Waals surface area (Å²) in [5.41, 5.74) is 5.52. The molecule has 1 fully saturated rings. The van der Waals surface area contributed by atoms with Crippen LogP contribution >= 0.6 is 11.3 Å². The number of sulfonamides is 1. The predicted molar refractivity (Wildman–Crippen MR) is 73.1 cm³/mol. The van der Waals surface area contributed by atoms with E-state index in [0.29, 0.717) is 23.8 Å². The lowest BCUT2D eigenvalue weighted by atomic mass is 10.4. The van der Waals surface area contributed by atoms with Crippen molar-refractivity contribution in [2.24, 2.45) is 5.73 Å². The van der Waals surface area contributed by atoms with E-state index in [0.717, 1.165) is 24.5 Å². The fourth-order valence-electron chi connectivity index (χ4n) is 2.02. The van der Waals surface area contributed by atoms with Crippen LogP contribution in [-0.4, -0.2) is 50.3 Å². The van der Waals surface area contributed by atoms with Crippen molar-refractivity contribution in [2.75, 3.05) is 32.7 Å². The minimum atomic E-state index is -3.31. The molecule has 0 aliphatic carbocycles. The molecule has 1 aromatic rings. The third-order valence-corrected chi connectivity index (χ3v) is 6.68. The van der Waals surface area contributed by atoms with Crippen molar-refractivity contribution < 1.29 is 8.42 Å². The average Bonchev–Trinajstić information content (AvgIpc) is 2.88. The maximum absolute atomic E-state index is 12.4. The highest BCUT2D eigenvalue weighted by molar-refractivity contribution is 7.91. The van der Waals surface area contributed by atoms with E-state index in [2.05, 4.69) is 11.8 Å². The molecule has 1 saturated heterocycles. The van der Waals surface area contributed by atoms with E-state index in [1.165, 1.54) is 11.3 Å². The van der Waals surface area contributed by atoms with Gasteiger partial charge in [-0.05, 0) is 18.7 Å². The standard InChI is InChI=1S/C11H19N3O2S2/c1-2-13-5-7-14(8-6-13)18(15,16)11-4-3-10(9-12)17-11/h3-4H,2,5-9,12H2,1H3. The van der Waals surface area contributed by atoms with E-state index in [9.17, 15) is 8.42 Å². The smallest absolute Gasteiger partial charge is 0.252 e. The summed E-state index contributed by atoms with van der Waals surface area (Å²) in [4.78, 5) is 3.16. The van der Waals surface area contributed by atoms with Gasteiger partial charge in [-0.25, -0.2) is 8.42 Å². The molecular formula is C11H19N3O2S2. The highest BCUT2D eigenvalue weighted by Gasteiger charge is 2.29. The minimum absolute atomic E-state index is 0.393. The molecule has 2 N–H and O–H groups in total. The van der Waals surface area contributed by atoms with Gasteiger partial charge in [0.15, 0.2) is 0 Å². The van der Waals surface area contributed by atoms with Gasteiger partial charge in [0, 0.05) is 37.6 Å². The molecule has 5 nitrogen and oxygen atoms in total. The number of nitrogens with zero attached hydrogens (tertiary/aromatic N) is 2. The normalized spacial score (nSPS) is 19.2. The topological polar surface area (TPSA) is 66.6 Å². The summed E-state index contributed by atoms with van der Waals surface area (Å²) in [6, 6.07) is 3.45. The summed E-state index contributed by atoms with van der Waals surface area (Å²) in [5.74, 6) is 0. The van der Waals surface area contributed by atoms with E-state index in [1.54, 1.807) is 16.4 Å². The van der Waals surface area contributed by atoms with Gasteiger partial charge < -0.3 is 10.6 Å². The van der Waals surface area contributed by atoms with Crippen molar-refractivity contribution in [2.45, 2.75) is 17.7 Å². The van der Waals surface area contributed by atoms with Crippen molar-refractivity contribution in [1.82, 2.24) is 9.21 Å². The van der Waals surface area contributed by atoms with E-state index in [-0.39, 0.29) is 0 Å². The van der Waals surface area contributed by atoms with Crippen LogP contribution < -0.4 is 5.73 Å². The van der Waals surface area contributed by atoms with Crippen LogP contribution in [0.3, 0.4) is 0 Å². The van der Waals surface area contributed by atoms with Gasteiger partial charge in [0.1, 0.15) is 4.21 Å². The number of likely N-dealkylation sites (N-methyl/N-ethyl adjacent to an activating group) is 1. The number of rotatable bonds is 4. The molecule has 1 aliphatic rings. The Morgan fingerprint density at radius 1 is 1.28 bits per heavy atom. The Bertz CT molecular complexity index is 490. The summed E-state index contributed by atoms with van der Waals surface area (Å²) in [6.07, 6.45) is 0. The van der Waals surface area contributed by atoms with E-state index >= 15 is 0 Å². The molecule has 0 spiro atoms. The van der Waals surface area contributed by atoms with Gasteiger partial charge in [-0.1, -0.05) is 6.92 Å². The Hall–Kier alpha value is -0.470. The number of nitrogens with two attached hydrogens (primary N) is 1. The first-order valence-electron chi connectivity index (χ1n) is 6.09. The van der Waals surface area contributed by atoms with Crippen LogP contribution in [0.25, 0.3) is 0 Å². The molecule has 0 atom stereocenters. The van der Waals surface area contributed by atoms with Crippen molar-refractivity contribution >= 4 is 21.4 Å². The zero-order valence-corrected chi connectivity index (χ0v) is 12.1. The average molecular weight is 289 g/mol. The lowest BCUT2D eigenvalue weighted by molar-refractivity contribution is 0.196. The molecule has 1 aromatic heterocycles. The van der Waals surface area contributed by atoms with Crippen molar-refractivity contribution in [3.63, 3.8) is 0 Å². The first-order valence-corrected chi connectivity index (χ1v) is 8.35. The van der Waals surface area contributed by atoms with Crippen LogP contribution in [0, 0.1) is 0 Å². The van der Waals surface area contributed by atoms with E-state index in [4.69, 9.17) is 5.73 Å². The molecule has 0 amide bonds. The van der Waals surface area contributed by atoms with Crippen LogP contribution in [0.5, 0.6) is 0 Å². The summed E-state index contributed by atoms with van der Waals surface area (Å²) < 4.78 is 26.8. The minimum Gasteiger partial charge on any atom is -0.326 e. The van der Waals surface area contributed by atoms with Crippen LogP contribution in [0.4, 0.5) is 0 Å². The second-order valence-electron chi connectivity index (χ2n) is 4.26. The number of hydrogen-bond acceptors (Lipinski definition) is 5. The molecule has 1 aliphatic heterocycles. The Balaban J connectivity index is 2.12. The molecule has 0 aromatic carbocycles. The second kappa shape index (κ2) is 5.66. The van der Waals surface area contributed by atoms with Gasteiger partial charge in [0.2, 0.25) is 0 Å². The molecule has 0 bridgehead atoms. The van der Waals surface area contributed by atoms with Crippen molar-refractivity contribution in [1.29, 1.82) is 0 Å². The maximum atomic E-state index is 12.4. The fraction of sp³-hybridized carbons (Fsp3) is 0.636. The van der Waals surface area contributed by atoms with E-state index in [1.807, 2.05) is 0 Å². The third-order valence-electron chi connectivity index (χ3n) is 3.21.